The maximum absolute atomic E-state index is 14.5. The molecule has 1 amide bonds. The van der Waals surface area contributed by atoms with Crippen LogP contribution in [0.4, 0.5) is 10.1 Å². The number of amides is 1. The molecule has 6 rings (SSSR count). The number of fused-ring (bicyclic) bond motifs is 1. The molecule has 1 atom stereocenters. The van der Waals surface area contributed by atoms with Crippen LogP contribution in [0.15, 0.2) is 43.2 Å². The number of nitrogens with zero attached hydrogens (tertiary/aromatic N) is 6. The SMILES string of the molecule is CC1CC(c2cncc(NC(=O)c3cc(CN[C@@H](C)C4CC4)cn4c(F)cnc34)c2)(c2nncn2C)C1. The molecule has 192 valence electrons. The van der Waals surface area contributed by atoms with Gasteiger partial charge in [0.05, 0.1) is 29.1 Å². The molecule has 9 nitrogen and oxygen atoms in total. The summed E-state index contributed by atoms with van der Waals surface area (Å²) in [4.78, 5) is 22.1. The van der Waals surface area contributed by atoms with Gasteiger partial charge in [-0.25, -0.2) is 4.98 Å². The van der Waals surface area contributed by atoms with Crippen molar-refractivity contribution in [2.45, 2.75) is 57.5 Å². The number of hydrogen-bond acceptors (Lipinski definition) is 6. The van der Waals surface area contributed by atoms with Crippen molar-refractivity contribution in [2.75, 3.05) is 5.32 Å². The van der Waals surface area contributed by atoms with Gasteiger partial charge in [-0.2, -0.15) is 4.39 Å². The van der Waals surface area contributed by atoms with Gasteiger partial charge >= 0.3 is 0 Å². The van der Waals surface area contributed by atoms with E-state index in [9.17, 15) is 9.18 Å². The van der Waals surface area contributed by atoms with Gasteiger partial charge in [0.1, 0.15) is 12.2 Å². The fourth-order valence-corrected chi connectivity index (χ4v) is 5.78. The van der Waals surface area contributed by atoms with Crippen molar-refractivity contribution in [1.82, 2.24) is 34.4 Å². The van der Waals surface area contributed by atoms with Gasteiger partial charge < -0.3 is 15.2 Å². The Bertz CT molecular complexity index is 1470. The molecule has 2 aliphatic carbocycles. The highest BCUT2D eigenvalue weighted by Crippen LogP contribution is 2.51. The van der Waals surface area contributed by atoms with E-state index in [-0.39, 0.29) is 17.0 Å². The Morgan fingerprint density at radius 2 is 2.05 bits per heavy atom. The Morgan fingerprint density at radius 3 is 2.76 bits per heavy atom. The standard InChI is InChI=1S/C27H31FN8O/c1-16-8-27(9-16,26-34-32-15-35(26)3)20-7-21(12-29-11-20)33-25(37)22-6-18(10-30-17(2)19-4-5-19)14-36-23(28)13-31-24(22)36/h6-7,11-17,19,30H,4-5,8-10H2,1-3H3,(H,33,37)/t16?,17-,27?/m0/s1. The van der Waals surface area contributed by atoms with Crippen molar-refractivity contribution in [3.05, 3.63) is 71.7 Å². The summed E-state index contributed by atoms with van der Waals surface area (Å²) in [7, 11) is 1.95. The molecule has 2 N–H and O–H groups in total. The molecular formula is C27H31FN8O. The van der Waals surface area contributed by atoms with E-state index in [1.54, 1.807) is 24.8 Å². The summed E-state index contributed by atoms with van der Waals surface area (Å²) in [5.74, 6) is 1.28. The molecule has 0 aliphatic heterocycles. The number of rotatable bonds is 8. The molecule has 0 spiro atoms. The second-order valence-electron chi connectivity index (χ2n) is 10.8. The van der Waals surface area contributed by atoms with E-state index in [0.29, 0.717) is 35.7 Å². The molecule has 0 aromatic carbocycles. The maximum atomic E-state index is 14.5. The monoisotopic (exact) mass is 502 g/mol. The topological polar surface area (TPSA) is 102 Å². The predicted octanol–water partition coefficient (Wildman–Crippen LogP) is 3.85. The minimum atomic E-state index is -0.505. The second kappa shape index (κ2) is 9.02. The van der Waals surface area contributed by atoms with Crippen molar-refractivity contribution in [3.63, 3.8) is 0 Å². The van der Waals surface area contributed by atoms with Crippen molar-refractivity contribution in [1.29, 1.82) is 0 Å². The Morgan fingerprint density at radius 1 is 1.24 bits per heavy atom. The number of hydrogen-bond donors (Lipinski definition) is 2. The van der Waals surface area contributed by atoms with Crippen LogP contribution < -0.4 is 10.6 Å². The van der Waals surface area contributed by atoms with E-state index in [2.05, 4.69) is 44.6 Å². The zero-order valence-corrected chi connectivity index (χ0v) is 21.3. The third-order valence-corrected chi connectivity index (χ3v) is 7.90. The molecule has 0 unspecified atom stereocenters. The van der Waals surface area contributed by atoms with Crippen molar-refractivity contribution in [3.8, 4) is 0 Å². The van der Waals surface area contributed by atoms with Gasteiger partial charge in [0, 0.05) is 32.0 Å². The van der Waals surface area contributed by atoms with Crippen LogP contribution in [0.1, 0.15) is 66.8 Å². The summed E-state index contributed by atoms with van der Waals surface area (Å²) >= 11 is 0. The number of nitrogens with one attached hydrogen (secondary N) is 2. The van der Waals surface area contributed by atoms with Crippen LogP contribution in [-0.2, 0) is 19.0 Å². The van der Waals surface area contributed by atoms with E-state index >= 15 is 0 Å². The first kappa shape index (κ1) is 23.7. The second-order valence-corrected chi connectivity index (χ2v) is 10.8. The van der Waals surface area contributed by atoms with Gasteiger partial charge in [0.2, 0.25) is 5.95 Å². The molecule has 0 bridgehead atoms. The summed E-state index contributed by atoms with van der Waals surface area (Å²) in [5.41, 5.74) is 2.68. The largest absolute Gasteiger partial charge is 0.320 e. The number of pyridine rings is 2. The minimum absolute atomic E-state index is 0.279. The lowest BCUT2D eigenvalue weighted by molar-refractivity contribution is 0.102. The number of halogens is 1. The van der Waals surface area contributed by atoms with Crippen LogP contribution in [0.5, 0.6) is 0 Å². The highest BCUT2D eigenvalue weighted by Gasteiger charge is 2.48. The third-order valence-electron chi connectivity index (χ3n) is 7.90. The molecule has 4 aromatic heterocycles. The van der Waals surface area contributed by atoms with Crippen LogP contribution in [0.3, 0.4) is 0 Å². The van der Waals surface area contributed by atoms with E-state index < -0.39 is 5.95 Å². The Hall–Kier alpha value is -3.66. The number of imidazole rings is 1. The van der Waals surface area contributed by atoms with Gasteiger partial charge in [-0.1, -0.05) is 6.92 Å². The first-order chi connectivity index (χ1) is 17.8. The maximum Gasteiger partial charge on any atom is 0.259 e. The molecule has 0 radical (unpaired) electrons. The van der Waals surface area contributed by atoms with Gasteiger partial charge in [-0.3, -0.25) is 14.2 Å². The van der Waals surface area contributed by atoms with E-state index in [0.717, 1.165) is 36.0 Å². The number of aromatic nitrogens is 6. The van der Waals surface area contributed by atoms with Crippen molar-refractivity contribution in [2.24, 2.45) is 18.9 Å². The highest BCUT2D eigenvalue weighted by atomic mass is 19.1. The summed E-state index contributed by atoms with van der Waals surface area (Å²) in [6.45, 7) is 4.93. The molecule has 4 aromatic rings. The first-order valence-corrected chi connectivity index (χ1v) is 12.8. The Labute approximate surface area is 214 Å². The molecule has 2 aliphatic rings. The quantitative estimate of drug-likeness (QED) is 0.380. The van der Waals surface area contributed by atoms with Gasteiger partial charge in [0.15, 0.2) is 5.65 Å². The molecular weight excluding hydrogens is 471 g/mol. The number of carbonyl (C=O) groups is 1. The van der Waals surface area contributed by atoms with Crippen LogP contribution in [0.25, 0.3) is 5.65 Å². The number of carbonyl (C=O) groups excluding carboxylic acids is 1. The number of aryl methyl sites for hydroxylation is 1. The normalized spacial score (nSPS) is 22.1. The fraction of sp³-hybridized carbons (Fsp3) is 0.444. The first-order valence-electron chi connectivity index (χ1n) is 12.8. The zero-order valence-electron chi connectivity index (χ0n) is 21.3. The molecule has 2 fully saturated rings. The smallest absolute Gasteiger partial charge is 0.259 e. The molecule has 4 heterocycles. The molecule has 10 heteroatoms. The van der Waals surface area contributed by atoms with Crippen molar-refractivity contribution >= 4 is 17.2 Å². The van der Waals surface area contributed by atoms with E-state index in [1.807, 2.05) is 23.9 Å². The summed E-state index contributed by atoms with van der Waals surface area (Å²) < 4.78 is 17.8. The number of anilines is 1. The molecule has 2 saturated carbocycles. The minimum Gasteiger partial charge on any atom is -0.320 e. The third kappa shape index (κ3) is 4.29. The Kier molecular flexibility index (Phi) is 5.78. The lowest BCUT2D eigenvalue weighted by Crippen LogP contribution is -2.43. The van der Waals surface area contributed by atoms with Crippen LogP contribution in [0.2, 0.25) is 0 Å². The fourth-order valence-electron chi connectivity index (χ4n) is 5.78. The zero-order chi connectivity index (χ0) is 25.7. The van der Waals surface area contributed by atoms with Gasteiger partial charge in [0.25, 0.3) is 5.91 Å². The van der Waals surface area contributed by atoms with Crippen LogP contribution in [-0.4, -0.2) is 41.1 Å². The Balaban J connectivity index is 1.28. The predicted molar refractivity (Wildman–Crippen MR) is 137 cm³/mol. The average molecular weight is 503 g/mol. The summed E-state index contributed by atoms with van der Waals surface area (Å²) in [6, 6.07) is 4.12. The summed E-state index contributed by atoms with van der Waals surface area (Å²) in [5, 5.41) is 15.0. The average Bonchev–Trinajstić information content (AvgIpc) is 3.54. The van der Waals surface area contributed by atoms with Gasteiger partial charge in [-0.15, -0.1) is 10.2 Å². The van der Waals surface area contributed by atoms with E-state index in [1.165, 1.54) is 17.2 Å². The molecule has 37 heavy (non-hydrogen) atoms. The van der Waals surface area contributed by atoms with Crippen LogP contribution >= 0.6 is 0 Å². The van der Waals surface area contributed by atoms with Gasteiger partial charge in [-0.05, 0) is 67.7 Å². The highest BCUT2D eigenvalue weighted by molar-refractivity contribution is 6.08. The van der Waals surface area contributed by atoms with E-state index in [4.69, 9.17) is 0 Å². The lowest BCUT2D eigenvalue weighted by atomic mass is 9.59. The van der Waals surface area contributed by atoms with Crippen molar-refractivity contribution < 1.29 is 9.18 Å². The molecule has 0 saturated heterocycles. The summed E-state index contributed by atoms with van der Waals surface area (Å²) in [6.07, 6.45) is 12.4. The lowest BCUT2D eigenvalue weighted by Gasteiger charge is -2.45. The van der Waals surface area contributed by atoms with Crippen LogP contribution in [0, 0.1) is 17.8 Å².